The molecule has 0 saturated carbocycles. The summed E-state index contributed by atoms with van der Waals surface area (Å²) in [4.78, 5) is 13.5. The van der Waals surface area contributed by atoms with Gasteiger partial charge in [0.1, 0.15) is 5.75 Å². The van der Waals surface area contributed by atoms with Crippen LogP contribution in [0.25, 0.3) is 0 Å². The fourth-order valence-electron chi connectivity index (χ4n) is 2.26. The standard InChI is InChI=1S/C16H19N3O2/c1-19(10-11-5-3-4-6-15(11)21-2)14-8-7-12(17)9-13(14)16(18)20/h3-9H,10,17H2,1-2H3,(H2,18,20). The number of nitrogen functional groups attached to an aromatic ring is 1. The summed E-state index contributed by atoms with van der Waals surface area (Å²) < 4.78 is 5.34. The molecule has 2 rings (SSSR count). The van der Waals surface area contributed by atoms with Gasteiger partial charge in [0.05, 0.1) is 12.7 Å². The quantitative estimate of drug-likeness (QED) is 0.823. The number of hydrogen-bond donors (Lipinski definition) is 2. The zero-order valence-corrected chi connectivity index (χ0v) is 12.2. The number of amides is 1. The van der Waals surface area contributed by atoms with Crippen molar-refractivity contribution in [1.29, 1.82) is 0 Å². The van der Waals surface area contributed by atoms with Crippen LogP contribution in [0.4, 0.5) is 11.4 Å². The van der Waals surface area contributed by atoms with Crippen LogP contribution in [0.1, 0.15) is 15.9 Å². The van der Waals surface area contributed by atoms with E-state index in [1.165, 1.54) is 0 Å². The van der Waals surface area contributed by atoms with Gasteiger partial charge in [-0.25, -0.2) is 0 Å². The second-order valence-corrected chi connectivity index (χ2v) is 4.81. The number of hydrogen-bond acceptors (Lipinski definition) is 4. The van der Waals surface area contributed by atoms with Gasteiger partial charge in [-0.3, -0.25) is 4.79 Å². The smallest absolute Gasteiger partial charge is 0.250 e. The summed E-state index contributed by atoms with van der Waals surface area (Å²) in [5.41, 5.74) is 13.8. The average Bonchev–Trinajstić information content (AvgIpc) is 2.47. The minimum atomic E-state index is -0.496. The van der Waals surface area contributed by atoms with Gasteiger partial charge in [0.25, 0.3) is 5.91 Å². The largest absolute Gasteiger partial charge is 0.496 e. The lowest BCUT2D eigenvalue weighted by Gasteiger charge is -2.23. The first-order valence-corrected chi connectivity index (χ1v) is 6.55. The summed E-state index contributed by atoms with van der Waals surface area (Å²) in [7, 11) is 3.53. The summed E-state index contributed by atoms with van der Waals surface area (Å²) in [6.45, 7) is 0.591. The van der Waals surface area contributed by atoms with Crippen LogP contribution in [-0.2, 0) is 6.54 Å². The maximum Gasteiger partial charge on any atom is 0.250 e. The minimum Gasteiger partial charge on any atom is -0.496 e. The Morgan fingerprint density at radius 2 is 1.95 bits per heavy atom. The van der Waals surface area contributed by atoms with Crippen molar-refractivity contribution < 1.29 is 9.53 Å². The maximum absolute atomic E-state index is 11.6. The molecule has 2 aromatic rings. The van der Waals surface area contributed by atoms with Gasteiger partial charge >= 0.3 is 0 Å². The third-order valence-corrected chi connectivity index (χ3v) is 3.30. The molecule has 0 radical (unpaired) electrons. The number of benzene rings is 2. The summed E-state index contributed by atoms with van der Waals surface area (Å²) in [6, 6.07) is 12.9. The Kier molecular flexibility index (Phi) is 4.33. The van der Waals surface area contributed by atoms with E-state index in [4.69, 9.17) is 16.2 Å². The van der Waals surface area contributed by atoms with E-state index in [1.54, 1.807) is 25.3 Å². The predicted octanol–water partition coefficient (Wildman–Crippen LogP) is 2.01. The molecule has 0 spiro atoms. The van der Waals surface area contributed by atoms with Gasteiger partial charge in [-0.15, -0.1) is 0 Å². The molecule has 0 aliphatic heterocycles. The molecule has 0 unspecified atom stereocenters. The third-order valence-electron chi connectivity index (χ3n) is 3.30. The van der Waals surface area contributed by atoms with E-state index < -0.39 is 5.91 Å². The van der Waals surface area contributed by atoms with Crippen molar-refractivity contribution in [2.24, 2.45) is 5.73 Å². The van der Waals surface area contributed by atoms with E-state index in [0.29, 0.717) is 17.8 Å². The van der Waals surface area contributed by atoms with Crippen LogP contribution in [-0.4, -0.2) is 20.1 Å². The molecular weight excluding hydrogens is 266 g/mol. The molecule has 4 N–H and O–H groups in total. The Morgan fingerprint density at radius 3 is 2.62 bits per heavy atom. The molecule has 5 nitrogen and oxygen atoms in total. The molecule has 0 aliphatic carbocycles. The van der Waals surface area contributed by atoms with Gasteiger partial charge in [0.2, 0.25) is 0 Å². The number of primary amides is 1. The number of nitrogens with zero attached hydrogens (tertiary/aromatic N) is 1. The Hall–Kier alpha value is -2.69. The summed E-state index contributed by atoms with van der Waals surface area (Å²) >= 11 is 0. The Balaban J connectivity index is 2.32. The number of para-hydroxylation sites is 1. The Labute approximate surface area is 124 Å². The second-order valence-electron chi connectivity index (χ2n) is 4.81. The van der Waals surface area contributed by atoms with Gasteiger partial charge < -0.3 is 21.1 Å². The normalized spacial score (nSPS) is 10.2. The second kappa shape index (κ2) is 6.17. The number of nitrogens with two attached hydrogens (primary N) is 2. The van der Waals surface area contributed by atoms with Crippen molar-refractivity contribution in [3.8, 4) is 5.75 Å². The van der Waals surface area contributed by atoms with Gasteiger partial charge in [-0.1, -0.05) is 18.2 Å². The summed E-state index contributed by atoms with van der Waals surface area (Å²) in [5, 5.41) is 0. The summed E-state index contributed by atoms with van der Waals surface area (Å²) in [5.74, 6) is 0.310. The zero-order chi connectivity index (χ0) is 15.4. The zero-order valence-electron chi connectivity index (χ0n) is 12.2. The number of carbonyl (C=O) groups is 1. The molecule has 5 heteroatoms. The highest BCUT2D eigenvalue weighted by atomic mass is 16.5. The van der Waals surface area contributed by atoms with Gasteiger partial charge in [-0.05, 0) is 24.3 Å². The Bertz CT molecular complexity index is 656. The van der Waals surface area contributed by atoms with E-state index >= 15 is 0 Å². The molecular formula is C16H19N3O2. The fourth-order valence-corrected chi connectivity index (χ4v) is 2.26. The van der Waals surface area contributed by atoms with Crippen molar-refractivity contribution >= 4 is 17.3 Å². The molecule has 2 aromatic carbocycles. The Morgan fingerprint density at radius 1 is 1.24 bits per heavy atom. The molecule has 0 heterocycles. The lowest BCUT2D eigenvalue weighted by molar-refractivity contribution is 0.100. The minimum absolute atomic E-state index is 0.410. The monoisotopic (exact) mass is 285 g/mol. The average molecular weight is 285 g/mol. The van der Waals surface area contributed by atoms with Crippen LogP contribution in [0.3, 0.4) is 0 Å². The molecule has 1 amide bonds. The first-order chi connectivity index (χ1) is 10.0. The van der Waals surface area contributed by atoms with Crippen molar-refractivity contribution in [3.63, 3.8) is 0 Å². The topological polar surface area (TPSA) is 81.6 Å². The van der Waals surface area contributed by atoms with E-state index in [0.717, 1.165) is 17.0 Å². The van der Waals surface area contributed by atoms with E-state index in [9.17, 15) is 4.79 Å². The highest BCUT2D eigenvalue weighted by Gasteiger charge is 2.14. The van der Waals surface area contributed by atoms with Crippen LogP contribution in [0.5, 0.6) is 5.75 Å². The molecule has 0 aromatic heterocycles. The highest BCUT2D eigenvalue weighted by Crippen LogP contribution is 2.26. The van der Waals surface area contributed by atoms with Crippen molar-refractivity contribution in [2.45, 2.75) is 6.54 Å². The fraction of sp³-hybridized carbons (Fsp3) is 0.188. The van der Waals surface area contributed by atoms with Gasteiger partial charge in [0, 0.05) is 30.5 Å². The molecule has 0 bridgehead atoms. The van der Waals surface area contributed by atoms with Gasteiger partial charge in [-0.2, -0.15) is 0 Å². The molecule has 0 atom stereocenters. The van der Waals surface area contributed by atoms with Crippen molar-refractivity contribution in [3.05, 3.63) is 53.6 Å². The van der Waals surface area contributed by atoms with Crippen LogP contribution in [0.2, 0.25) is 0 Å². The predicted molar refractivity (Wildman–Crippen MR) is 84.5 cm³/mol. The number of carbonyl (C=O) groups excluding carboxylic acids is 1. The lowest BCUT2D eigenvalue weighted by atomic mass is 10.1. The molecule has 0 saturated heterocycles. The van der Waals surface area contributed by atoms with Crippen molar-refractivity contribution in [2.75, 3.05) is 24.8 Å². The highest BCUT2D eigenvalue weighted by molar-refractivity contribution is 5.99. The number of rotatable bonds is 5. The van der Waals surface area contributed by atoms with Gasteiger partial charge in [0.15, 0.2) is 0 Å². The molecule has 21 heavy (non-hydrogen) atoms. The summed E-state index contributed by atoms with van der Waals surface area (Å²) in [6.07, 6.45) is 0. The third kappa shape index (κ3) is 3.25. The molecule has 110 valence electrons. The first-order valence-electron chi connectivity index (χ1n) is 6.55. The molecule has 0 aliphatic rings. The van der Waals surface area contributed by atoms with E-state index in [1.807, 2.05) is 36.2 Å². The molecule has 0 fully saturated rings. The van der Waals surface area contributed by atoms with Crippen LogP contribution in [0.15, 0.2) is 42.5 Å². The van der Waals surface area contributed by atoms with Crippen LogP contribution >= 0.6 is 0 Å². The lowest BCUT2D eigenvalue weighted by Crippen LogP contribution is -2.22. The number of ether oxygens (including phenoxy) is 1. The van der Waals surface area contributed by atoms with Crippen LogP contribution < -0.4 is 21.1 Å². The first kappa shape index (κ1) is 14.7. The van der Waals surface area contributed by atoms with E-state index in [-0.39, 0.29) is 0 Å². The van der Waals surface area contributed by atoms with E-state index in [2.05, 4.69) is 0 Å². The number of anilines is 2. The maximum atomic E-state index is 11.6. The van der Waals surface area contributed by atoms with Crippen LogP contribution in [0, 0.1) is 0 Å². The SMILES string of the molecule is COc1ccccc1CN(C)c1ccc(N)cc1C(N)=O. The number of methoxy groups -OCH3 is 1. The van der Waals surface area contributed by atoms with Crippen molar-refractivity contribution in [1.82, 2.24) is 0 Å².